The van der Waals surface area contributed by atoms with Crippen molar-refractivity contribution in [1.82, 2.24) is 9.64 Å². The van der Waals surface area contributed by atoms with Gasteiger partial charge in [0.2, 0.25) is 0 Å². The van der Waals surface area contributed by atoms with Gasteiger partial charge in [0.25, 0.3) is 5.91 Å². The highest BCUT2D eigenvalue weighted by Crippen LogP contribution is 2.22. The third kappa shape index (κ3) is 3.40. The van der Waals surface area contributed by atoms with Crippen LogP contribution in [0.15, 0.2) is 70.0 Å². The Morgan fingerprint density at radius 2 is 1.64 bits per heavy atom. The summed E-state index contributed by atoms with van der Waals surface area (Å²) in [4.78, 5) is 27.1. The van der Waals surface area contributed by atoms with Crippen LogP contribution in [-0.2, 0) is 13.6 Å². The largest absolute Gasteiger partial charge is 0.366 e. The summed E-state index contributed by atoms with van der Waals surface area (Å²) in [6.07, 6.45) is 0. The zero-order chi connectivity index (χ0) is 17.8. The molecular formula is C20H20N2O3. The van der Waals surface area contributed by atoms with E-state index in [1.165, 1.54) is 4.74 Å². The first kappa shape index (κ1) is 16.8. The second kappa shape index (κ2) is 7.21. The summed E-state index contributed by atoms with van der Waals surface area (Å²) in [6.45, 7) is 2.92. The van der Waals surface area contributed by atoms with Gasteiger partial charge >= 0.3 is 5.63 Å². The SMILES string of the molecule is CCN(Cc1ccccc1)C(=O)c1c(-c2ccccc2)c(=O)on1C. The zero-order valence-corrected chi connectivity index (χ0v) is 14.3. The van der Waals surface area contributed by atoms with Crippen LogP contribution in [0, 0.1) is 0 Å². The van der Waals surface area contributed by atoms with Crippen molar-refractivity contribution in [2.75, 3.05) is 6.54 Å². The van der Waals surface area contributed by atoms with Gasteiger partial charge in [-0.05, 0) is 18.1 Å². The van der Waals surface area contributed by atoms with E-state index in [1.807, 2.05) is 55.5 Å². The van der Waals surface area contributed by atoms with Gasteiger partial charge in [0.05, 0.1) is 0 Å². The molecule has 3 rings (SSSR count). The molecule has 0 N–H and O–H groups in total. The third-order valence-corrected chi connectivity index (χ3v) is 4.13. The lowest BCUT2D eigenvalue weighted by Gasteiger charge is -2.21. The maximum absolute atomic E-state index is 13.1. The lowest BCUT2D eigenvalue weighted by Crippen LogP contribution is -2.32. The first-order valence-electron chi connectivity index (χ1n) is 8.20. The smallest absolute Gasteiger partial charge is 0.335 e. The van der Waals surface area contributed by atoms with E-state index < -0.39 is 5.63 Å². The number of nitrogens with zero attached hydrogens (tertiary/aromatic N) is 2. The molecule has 5 heteroatoms. The Morgan fingerprint density at radius 3 is 2.24 bits per heavy atom. The molecule has 1 amide bonds. The van der Waals surface area contributed by atoms with E-state index >= 15 is 0 Å². The van der Waals surface area contributed by atoms with E-state index in [4.69, 9.17) is 4.52 Å². The van der Waals surface area contributed by atoms with Crippen LogP contribution in [0.4, 0.5) is 0 Å². The summed E-state index contributed by atoms with van der Waals surface area (Å²) in [5, 5.41) is 0. The van der Waals surface area contributed by atoms with E-state index in [0.717, 1.165) is 5.56 Å². The molecule has 0 fully saturated rings. The predicted molar refractivity (Wildman–Crippen MR) is 96.2 cm³/mol. The molecule has 0 atom stereocenters. The van der Waals surface area contributed by atoms with Crippen molar-refractivity contribution < 1.29 is 9.32 Å². The molecular weight excluding hydrogens is 316 g/mol. The Morgan fingerprint density at radius 1 is 1.04 bits per heavy atom. The first-order chi connectivity index (χ1) is 12.1. The number of amides is 1. The summed E-state index contributed by atoms with van der Waals surface area (Å²) in [5.74, 6) is -0.224. The lowest BCUT2D eigenvalue weighted by molar-refractivity contribution is 0.0730. The number of aromatic nitrogens is 1. The zero-order valence-electron chi connectivity index (χ0n) is 14.3. The van der Waals surface area contributed by atoms with Crippen molar-refractivity contribution in [3.05, 3.63) is 82.3 Å². The van der Waals surface area contributed by atoms with Gasteiger partial charge in [-0.25, -0.2) is 9.53 Å². The minimum absolute atomic E-state index is 0.224. The average Bonchev–Trinajstić information content (AvgIpc) is 2.94. The van der Waals surface area contributed by atoms with Gasteiger partial charge in [0.15, 0.2) is 5.69 Å². The fraction of sp³-hybridized carbons (Fsp3) is 0.200. The molecule has 0 saturated carbocycles. The predicted octanol–water partition coefficient (Wildman–Crippen LogP) is 3.31. The van der Waals surface area contributed by atoms with Gasteiger partial charge in [-0.15, -0.1) is 0 Å². The van der Waals surface area contributed by atoms with Crippen LogP contribution in [0.2, 0.25) is 0 Å². The summed E-state index contributed by atoms with van der Waals surface area (Å²) >= 11 is 0. The Balaban J connectivity index is 2.00. The van der Waals surface area contributed by atoms with Gasteiger partial charge in [-0.2, -0.15) is 0 Å². The number of benzene rings is 2. The minimum Gasteiger partial charge on any atom is -0.335 e. The number of aryl methyl sites for hydroxylation is 1. The molecule has 0 saturated heterocycles. The summed E-state index contributed by atoms with van der Waals surface area (Å²) < 4.78 is 6.44. The van der Waals surface area contributed by atoms with Crippen LogP contribution in [0.25, 0.3) is 11.1 Å². The van der Waals surface area contributed by atoms with Crippen molar-refractivity contribution in [3.63, 3.8) is 0 Å². The minimum atomic E-state index is -0.507. The fourth-order valence-electron chi connectivity index (χ4n) is 2.85. The van der Waals surface area contributed by atoms with E-state index in [1.54, 1.807) is 24.1 Å². The average molecular weight is 336 g/mol. The van der Waals surface area contributed by atoms with Gasteiger partial charge in [0, 0.05) is 20.1 Å². The molecule has 0 radical (unpaired) electrons. The number of hydrogen-bond donors (Lipinski definition) is 0. The molecule has 128 valence electrons. The standard InChI is InChI=1S/C20H20N2O3/c1-3-22(14-15-10-6-4-7-11-15)19(23)18-17(20(24)25-21(18)2)16-12-8-5-9-13-16/h4-13H,3,14H2,1-2H3. The van der Waals surface area contributed by atoms with Gasteiger partial charge in [-0.1, -0.05) is 60.7 Å². The highest BCUT2D eigenvalue weighted by molar-refractivity contribution is 5.98. The maximum Gasteiger partial charge on any atom is 0.366 e. The number of rotatable bonds is 5. The molecule has 0 aliphatic heterocycles. The van der Waals surface area contributed by atoms with E-state index in [9.17, 15) is 9.59 Å². The molecule has 2 aromatic carbocycles. The van der Waals surface area contributed by atoms with Crippen molar-refractivity contribution >= 4 is 5.91 Å². The van der Waals surface area contributed by atoms with Gasteiger partial charge in [0.1, 0.15) is 5.56 Å². The van der Waals surface area contributed by atoms with Crippen molar-refractivity contribution in [3.8, 4) is 11.1 Å². The molecule has 0 aliphatic rings. The van der Waals surface area contributed by atoms with Crippen LogP contribution in [0.1, 0.15) is 23.0 Å². The van der Waals surface area contributed by atoms with Crippen LogP contribution < -0.4 is 5.63 Å². The second-order valence-electron chi connectivity index (χ2n) is 5.77. The van der Waals surface area contributed by atoms with Crippen molar-refractivity contribution in [1.29, 1.82) is 0 Å². The fourth-order valence-corrected chi connectivity index (χ4v) is 2.85. The Kier molecular flexibility index (Phi) is 4.84. The Labute approximate surface area is 146 Å². The van der Waals surface area contributed by atoms with Crippen LogP contribution >= 0.6 is 0 Å². The van der Waals surface area contributed by atoms with Gasteiger partial charge in [-0.3, -0.25) is 4.79 Å². The van der Waals surface area contributed by atoms with Gasteiger partial charge < -0.3 is 9.42 Å². The Bertz CT molecular complexity index is 911. The molecule has 25 heavy (non-hydrogen) atoms. The van der Waals surface area contributed by atoms with Crippen LogP contribution in [-0.4, -0.2) is 22.1 Å². The highest BCUT2D eigenvalue weighted by atomic mass is 16.5. The summed E-state index contributed by atoms with van der Waals surface area (Å²) in [7, 11) is 1.58. The molecule has 5 nitrogen and oxygen atoms in total. The Hall–Kier alpha value is -3.08. The summed E-state index contributed by atoms with van der Waals surface area (Å²) in [6, 6.07) is 18.9. The molecule has 1 aromatic heterocycles. The number of carbonyl (C=O) groups is 1. The molecule has 0 spiro atoms. The maximum atomic E-state index is 13.1. The van der Waals surface area contributed by atoms with E-state index in [0.29, 0.717) is 24.2 Å². The monoisotopic (exact) mass is 336 g/mol. The topological polar surface area (TPSA) is 55.5 Å². The number of carbonyl (C=O) groups excluding carboxylic acids is 1. The molecule has 0 aliphatic carbocycles. The molecule has 0 bridgehead atoms. The third-order valence-electron chi connectivity index (χ3n) is 4.13. The molecule has 3 aromatic rings. The second-order valence-corrected chi connectivity index (χ2v) is 5.77. The van der Waals surface area contributed by atoms with E-state index in [2.05, 4.69) is 0 Å². The quantitative estimate of drug-likeness (QED) is 0.718. The van der Waals surface area contributed by atoms with Crippen LogP contribution in [0.5, 0.6) is 0 Å². The normalized spacial score (nSPS) is 10.6. The first-order valence-corrected chi connectivity index (χ1v) is 8.20. The number of hydrogen-bond acceptors (Lipinski definition) is 3. The van der Waals surface area contributed by atoms with Crippen molar-refractivity contribution in [2.45, 2.75) is 13.5 Å². The molecule has 0 unspecified atom stereocenters. The summed E-state index contributed by atoms with van der Waals surface area (Å²) in [5.41, 5.74) is 1.78. The van der Waals surface area contributed by atoms with Crippen LogP contribution in [0.3, 0.4) is 0 Å². The highest BCUT2D eigenvalue weighted by Gasteiger charge is 2.26. The lowest BCUT2D eigenvalue weighted by atomic mass is 10.1. The van der Waals surface area contributed by atoms with E-state index in [-0.39, 0.29) is 11.6 Å². The molecule has 1 heterocycles. The van der Waals surface area contributed by atoms with Crippen molar-refractivity contribution in [2.24, 2.45) is 7.05 Å².